The smallest absolute Gasteiger partial charge is 0.0963 e. The highest BCUT2D eigenvalue weighted by Gasteiger charge is 2.08. The molecule has 1 nitrogen and oxygen atoms in total. The van der Waals surface area contributed by atoms with E-state index in [0.717, 1.165) is 6.42 Å². The van der Waals surface area contributed by atoms with E-state index in [1.54, 1.807) is 6.08 Å². The van der Waals surface area contributed by atoms with Crippen LogP contribution in [0.3, 0.4) is 0 Å². The van der Waals surface area contributed by atoms with Crippen molar-refractivity contribution in [1.29, 1.82) is 0 Å². The molecule has 0 aromatic carbocycles. The zero-order valence-corrected chi connectivity index (χ0v) is 5.89. The largest absolute Gasteiger partial charge is 0.512 e. The zero-order valence-electron chi connectivity index (χ0n) is 5.89. The lowest BCUT2D eigenvalue weighted by Gasteiger charge is -2.03. The molecule has 9 heavy (non-hydrogen) atoms. The van der Waals surface area contributed by atoms with E-state index in [0.29, 0.717) is 11.7 Å². The van der Waals surface area contributed by atoms with Crippen molar-refractivity contribution in [2.75, 3.05) is 0 Å². The van der Waals surface area contributed by atoms with Crippen molar-refractivity contribution >= 4 is 0 Å². The van der Waals surface area contributed by atoms with Gasteiger partial charge in [-0.15, -0.1) is 0 Å². The van der Waals surface area contributed by atoms with Crippen LogP contribution < -0.4 is 0 Å². The average Bonchev–Trinajstić information content (AvgIpc) is 2.14. The van der Waals surface area contributed by atoms with Crippen molar-refractivity contribution in [1.82, 2.24) is 0 Å². The van der Waals surface area contributed by atoms with Crippen molar-refractivity contribution in [3.63, 3.8) is 0 Å². The standard InChI is InChI=1S/C8H12O/c1-6(2)7-3-4-8(9)5-7/h3-4,6,9H,5H2,1-2H3. The number of hydrogen-bond donors (Lipinski definition) is 1. The third-order valence-electron chi connectivity index (χ3n) is 1.62. The Morgan fingerprint density at radius 3 is 2.33 bits per heavy atom. The first-order valence-electron chi connectivity index (χ1n) is 3.28. The summed E-state index contributed by atoms with van der Waals surface area (Å²) in [5.41, 5.74) is 1.33. The molecule has 0 saturated heterocycles. The molecule has 0 aliphatic heterocycles. The van der Waals surface area contributed by atoms with Crippen molar-refractivity contribution in [3.05, 3.63) is 23.5 Å². The van der Waals surface area contributed by atoms with Crippen LogP contribution in [0.15, 0.2) is 23.5 Å². The Morgan fingerprint density at radius 2 is 2.11 bits per heavy atom. The lowest BCUT2D eigenvalue weighted by molar-refractivity contribution is 0.398. The normalized spacial score (nSPS) is 18.1. The summed E-state index contributed by atoms with van der Waals surface area (Å²) in [5, 5.41) is 8.96. The van der Waals surface area contributed by atoms with Crippen LogP contribution in [0.5, 0.6) is 0 Å². The first-order valence-corrected chi connectivity index (χ1v) is 3.28. The maximum absolute atomic E-state index is 8.96. The Hall–Kier alpha value is -0.720. The molecule has 0 aromatic rings. The van der Waals surface area contributed by atoms with Gasteiger partial charge in [-0.2, -0.15) is 0 Å². The Kier molecular flexibility index (Phi) is 1.60. The van der Waals surface area contributed by atoms with Crippen molar-refractivity contribution < 1.29 is 5.11 Å². The summed E-state index contributed by atoms with van der Waals surface area (Å²) >= 11 is 0. The summed E-state index contributed by atoms with van der Waals surface area (Å²) in [6.45, 7) is 4.27. The minimum atomic E-state index is 0.499. The fraction of sp³-hybridized carbons (Fsp3) is 0.500. The molecule has 0 atom stereocenters. The van der Waals surface area contributed by atoms with E-state index >= 15 is 0 Å². The molecular weight excluding hydrogens is 112 g/mol. The van der Waals surface area contributed by atoms with Gasteiger partial charge in [-0.1, -0.05) is 25.5 Å². The van der Waals surface area contributed by atoms with Crippen LogP contribution in [0.25, 0.3) is 0 Å². The summed E-state index contributed by atoms with van der Waals surface area (Å²) in [6.07, 6.45) is 4.53. The quantitative estimate of drug-likeness (QED) is 0.569. The summed E-state index contributed by atoms with van der Waals surface area (Å²) in [6, 6.07) is 0. The van der Waals surface area contributed by atoms with Crippen LogP contribution in [0, 0.1) is 5.92 Å². The maximum atomic E-state index is 8.96. The summed E-state index contributed by atoms with van der Waals surface area (Å²) in [5.74, 6) is 1.07. The highest BCUT2D eigenvalue weighted by molar-refractivity contribution is 5.27. The molecule has 0 heterocycles. The van der Waals surface area contributed by atoms with Crippen LogP contribution in [-0.4, -0.2) is 5.11 Å². The molecule has 1 heteroatoms. The number of rotatable bonds is 1. The van der Waals surface area contributed by atoms with Gasteiger partial charge in [0.1, 0.15) is 0 Å². The molecule has 0 bridgehead atoms. The second-order valence-electron chi connectivity index (χ2n) is 2.73. The van der Waals surface area contributed by atoms with Gasteiger partial charge in [0.15, 0.2) is 0 Å². The van der Waals surface area contributed by atoms with Gasteiger partial charge in [-0.25, -0.2) is 0 Å². The molecule has 1 N–H and O–H groups in total. The maximum Gasteiger partial charge on any atom is 0.0963 e. The minimum absolute atomic E-state index is 0.499. The molecule has 0 fully saturated rings. The van der Waals surface area contributed by atoms with Crippen LogP contribution in [-0.2, 0) is 0 Å². The molecule has 0 radical (unpaired) electrons. The summed E-state index contributed by atoms with van der Waals surface area (Å²) < 4.78 is 0. The van der Waals surface area contributed by atoms with Gasteiger partial charge in [-0.3, -0.25) is 0 Å². The number of allylic oxidation sites excluding steroid dienone is 3. The molecule has 0 aromatic heterocycles. The second-order valence-corrected chi connectivity index (χ2v) is 2.73. The van der Waals surface area contributed by atoms with Crippen LogP contribution in [0.4, 0.5) is 0 Å². The first kappa shape index (κ1) is 6.40. The van der Waals surface area contributed by atoms with E-state index in [9.17, 15) is 0 Å². The molecule has 0 saturated carbocycles. The molecular formula is C8H12O. The molecule has 1 aliphatic carbocycles. The van der Waals surface area contributed by atoms with Crippen LogP contribution in [0.1, 0.15) is 20.3 Å². The molecule has 0 spiro atoms. The zero-order chi connectivity index (χ0) is 6.85. The van der Waals surface area contributed by atoms with Crippen molar-refractivity contribution in [2.24, 2.45) is 5.92 Å². The number of hydrogen-bond acceptors (Lipinski definition) is 1. The fourth-order valence-corrected chi connectivity index (χ4v) is 0.927. The van der Waals surface area contributed by atoms with Gasteiger partial charge in [0.05, 0.1) is 5.76 Å². The first-order chi connectivity index (χ1) is 4.20. The average molecular weight is 124 g/mol. The van der Waals surface area contributed by atoms with E-state index in [-0.39, 0.29) is 0 Å². The lowest BCUT2D eigenvalue weighted by Crippen LogP contribution is -1.90. The lowest BCUT2D eigenvalue weighted by atomic mass is 10.0. The fourth-order valence-electron chi connectivity index (χ4n) is 0.927. The molecule has 50 valence electrons. The van der Waals surface area contributed by atoms with Gasteiger partial charge in [0.2, 0.25) is 0 Å². The monoisotopic (exact) mass is 124 g/mol. The van der Waals surface area contributed by atoms with E-state index in [1.165, 1.54) is 5.57 Å². The summed E-state index contributed by atoms with van der Waals surface area (Å²) in [4.78, 5) is 0. The Bertz CT molecular complexity index is 163. The predicted octanol–water partition coefficient (Wildman–Crippen LogP) is 2.41. The number of aliphatic hydroxyl groups excluding tert-OH is 1. The molecule has 0 unspecified atom stereocenters. The third kappa shape index (κ3) is 1.35. The van der Waals surface area contributed by atoms with E-state index in [1.807, 2.05) is 6.08 Å². The highest BCUT2D eigenvalue weighted by atomic mass is 16.3. The van der Waals surface area contributed by atoms with E-state index < -0.39 is 0 Å². The molecule has 1 rings (SSSR count). The molecule has 1 aliphatic rings. The Labute approximate surface area is 55.7 Å². The second kappa shape index (κ2) is 2.26. The van der Waals surface area contributed by atoms with E-state index in [4.69, 9.17) is 5.11 Å². The van der Waals surface area contributed by atoms with Gasteiger partial charge >= 0.3 is 0 Å². The van der Waals surface area contributed by atoms with Crippen LogP contribution >= 0.6 is 0 Å². The number of aliphatic hydroxyl groups is 1. The third-order valence-corrected chi connectivity index (χ3v) is 1.62. The molecule has 0 amide bonds. The Morgan fingerprint density at radius 1 is 1.44 bits per heavy atom. The predicted molar refractivity (Wildman–Crippen MR) is 38.2 cm³/mol. The van der Waals surface area contributed by atoms with Gasteiger partial charge in [0, 0.05) is 6.42 Å². The van der Waals surface area contributed by atoms with Crippen molar-refractivity contribution in [2.45, 2.75) is 20.3 Å². The van der Waals surface area contributed by atoms with Gasteiger partial charge < -0.3 is 5.11 Å². The highest BCUT2D eigenvalue weighted by Crippen LogP contribution is 2.22. The Balaban J connectivity index is 2.54. The van der Waals surface area contributed by atoms with Gasteiger partial charge in [0.25, 0.3) is 0 Å². The topological polar surface area (TPSA) is 20.2 Å². The van der Waals surface area contributed by atoms with Gasteiger partial charge in [-0.05, 0) is 12.0 Å². The van der Waals surface area contributed by atoms with E-state index in [2.05, 4.69) is 13.8 Å². The minimum Gasteiger partial charge on any atom is -0.512 e. The van der Waals surface area contributed by atoms with Crippen molar-refractivity contribution in [3.8, 4) is 0 Å². The summed E-state index contributed by atoms with van der Waals surface area (Å²) in [7, 11) is 0. The van der Waals surface area contributed by atoms with Crippen LogP contribution in [0.2, 0.25) is 0 Å². The SMILES string of the molecule is CC(C)C1=CC=C(O)C1.